The molecule has 0 saturated heterocycles. The van der Waals surface area contributed by atoms with Gasteiger partial charge in [0.2, 0.25) is 0 Å². The molecule has 26 heavy (non-hydrogen) atoms. The summed E-state index contributed by atoms with van der Waals surface area (Å²) in [6.07, 6.45) is 6.15. The molecule has 0 heterocycles. The number of benzene rings is 1. The fourth-order valence-electron chi connectivity index (χ4n) is 5.96. The zero-order valence-corrected chi connectivity index (χ0v) is 15.3. The number of ether oxygens (including phenoxy) is 2. The van der Waals surface area contributed by atoms with Crippen LogP contribution in [0.4, 0.5) is 5.69 Å². The molecular formula is C20H25NO5. The molecule has 4 fully saturated rings. The maximum atomic E-state index is 13.3. The fraction of sp³-hybridized carbons (Fsp3) is 0.650. The van der Waals surface area contributed by atoms with Gasteiger partial charge in [-0.1, -0.05) is 0 Å². The first-order valence-corrected chi connectivity index (χ1v) is 9.43. The Hall–Kier alpha value is -2.11. The predicted octanol–water partition coefficient (Wildman–Crippen LogP) is 4.16. The third kappa shape index (κ3) is 2.85. The number of nitro groups is 1. The Morgan fingerprint density at radius 2 is 1.73 bits per heavy atom. The number of rotatable bonds is 6. The summed E-state index contributed by atoms with van der Waals surface area (Å²) < 4.78 is 11.2. The first-order chi connectivity index (χ1) is 12.4. The lowest BCUT2D eigenvalue weighted by Gasteiger charge is -2.56. The zero-order valence-electron chi connectivity index (χ0n) is 15.3. The lowest BCUT2D eigenvalue weighted by Crippen LogP contribution is -2.53. The fourth-order valence-corrected chi connectivity index (χ4v) is 5.96. The Balaban J connectivity index is 1.55. The highest BCUT2D eigenvalue weighted by Gasteiger charge is 2.55. The normalized spacial score (nSPS) is 32.9. The summed E-state index contributed by atoms with van der Waals surface area (Å²) in [5.74, 6) is 2.87. The molecule has 6 nitrogen and oxygen atoms in total. The van der Waals surface area contributed by atoms with Gasteiger partial charge in [0.15, 0.2) is 23.4 Å². The average Bonchev–Trinajstić information content (AvgIpc) is 2.59. The average molecular weight is 359 g/mol. The van der Waals surface area contributed by atoms with Crippen LogP contribution in [0, 0.1) is 33.3 Å². The molecule has 0 spiro atoms. The van der Waals surface area contributed by atoms with Crippen LogP contribution in [0.15, 0.2) is 18.2 Å². The van der Waals surface area contributed by atoms with Crippen molar-refractivity contribution in [3.05, 3.63) is 28.3 Å². The highest BCUT2D eigenvalue weighted by Crippen LogP contribution is 2.60. The molecular weight excluding hydrogens is 334 g/mol. The molecule has 1 atom stereocenters. The lowest BCUT2D eigenvalue weighted by atomic mass is 9.48. The van der Waals surface area contributed by atoms with E-state index in [0.717, 1.165) is 19.3 Å². The van der Waals surface area contributed by atoms with Crippen LogP contribution in [-0.4, -0.2) is 23.9 Å². The van der Waals surface area contributed by atoms with Gasteiger partial charge in [-0.15, -0.1) is 0 Å². The molecule has 4 saturated carbocycles. The van der Waals surface area contributed by atoms with Crippen molar-refractivity contribution in [3.63, 3.8) is 0 Å². The number of hydrogen-bond acceptors (Lipinski definition) is 5. The highest BCUT2D eigenvalue weighted by molar-refractivity contribution is 5.89. The van der Waals surface area contributed by atoms with E-state index < -0.39 is 11.0 Å². The van der Waals surface area contributed by atoms with E-state index in [9.17, 15) is 14.9 Å². The standard InChI is InChI=1S/C20H25NO5/c1-12(26-18-8-16(21(23)24)3-4-17(18)25-2)19(22)20-9-13-5-14(10-20)7-15(6-13)11-20/h3-4,8,12-15H,5-7,9-11H2,1-2H3/t12-,13?,14?,15?,20?/m1/s1. The first-order valence-electron chi connectivity index (χ1n) is 9.43. The molecule has 4 aliphatic rings. The van der Waals surface area contributed by atoms with E-state index in [2.05, 4.69) is 0 Å². The Bertz CT molecular complexity index is 708. The van der Waals surface area contributed by atoms with E-state index in [1.54, 1.807) is 6.92 Å². The molecule has 1 aromatic rings. The summed E-state index contributed by atoms with van der Waals surface area (Å²) in [5.41, 5.74) is -0.322. The maximum absolute atomic E-state index is 13.3. The number of non-ortho nitro benzene ring substituents is 1. The smallest absolute Gasteiger partial charge is 0.273 e. The second-order valence-corrected chi connectivity index (χ2v) is 8.41. The lowest BCUT2D eigenvalue weighted by molar-refractivity contribution is -0.385. The largest absolute Gasteiger partial charge is 0.493 e. The number of ketones is 1. The van der Waals surface area contributed by atoms with Gasteiger partial charge in [0.25, 0.3) is 5.69 Å². The predicted molar refractivity (Wildman–Crippen MR) is 95.4 cm³/mol. The summed E-state index contributed by atoms with van der Waals surface area (Å²) in [5, 5.41) is 11.0. The van der Waals surface area contributed by atoms with Crippen molar-refractivity contribution in [2.75, 3.05) is 7.11 Å². The third-order valence-electron chi connectivity index (χ3n) is 6.59. The van der Waals surface area contributed by atoms with Crippen LogP contribution in [0.2, 0.25) is 0 Å². The maximum Gasteiger partial charge on any atom is 0.273 e. The summed E-state index contributed by atoms with van der Waals surface area (Å²) in [6, 6.07) is 4.22. The van der Waals surface area contributed by atoms with Crippen molar-refractivity contribution in [1.29, 1.82) is 0 Å². The second kappa shape index (κ2) is 6.25. The SMILES string of the molecule is COc1ccc([N+](=O)[O-])cc1O[C@H](C)C(=O)C12CC3CC(CC(C3)C1)C2. The van der Waals surface area contributed by atoms with Crippen molar-refractivity contribution in [2.24, 2.45) is 23.2 Å². The van der Waals surface area contributed by atoms with Gasteiger partial charge in [-0.25, -0.2) is 0 Å². The van der Waals surface area contributed by atoms with Gasteiger partial charge >= 0.3 is 0 Å². The van der Waals surface area contributed by atoms with E-state index in [-0.39, 0.29) is 22.6 Å². The molecule has 0 amide bonds. The van der Waals surface area contributed by atoms with Gasteiger partial charge in [-0.05, 0) is 69.3 Å². The summed E-state index contributed by atoms with van der Waals surface area (Å²) in [4.78, 5) is 23.9. The van der Waals surface area contributed by atoms with Gasteiger partial charge in [0, 0.05) is 11.5 Å². The monoisotopic (exact) mass is 359 g/mol. The summed E-state index contributed by atoms with van der Waals surface area (Å²) in [7, 11) is 1.49. The van der Waals surface area contributed by atoms with Crippen LogP contribution in [-0.2, 0) is 4.79 Å². The van der Waals surface area contributed by atoms with Crippen molar-refractivity contribution >= 4 is 11.5 Å². The molecule has 0 unspecified atom stereocenters. The topological polar surface area (TPSA) is 78.7 Å². The highest BCUT2D eigenvalue weighted by atomic mass is 16.6. The second-order valence-electron chi connectivity index (χ2n) is 8.41. The third-order valence-corrected chi connectivity index (χ3v) is 6.59. The van der Waals surface area contributed by atoms with E-state index in [0.29, 0.717) is 23.5 Å². The minimum absolute atomic E-state index is 0.0738. The van der Waals surface area contributed by atoms with Gasteiger partial charge < -0.3 is 9.47 Å². The van der Waals surface area contributed by atoms with Crippen LogP contribution in [0.1, 0.15) is 45.4 Å². The van der Waals surface area contributed by atoms with Crippen LogP contribution in [0.5, 0.6) is 11.5 Å². The van der Waals surface area contributed by atoms with Gasteiger partial charge in [-0.2, -0.15) is 0 Å². The molecule has 6 heteroatoms. The number of carbonyl (C=O) groups excluding carboxylic acids is 1. The first kappa shape index (κ1) is 17.3. The molecule has 0 aliphatic heterocycles. The van der Waals surface area contributed by atoms with E-state index in [1.807, 2.05) is 0 Å². The summed E-state index contributed by atoms with van der Waals surface area (Å²) in [6.45, 7) is 1.76. The Morgan fingerprint density at radius 3 is 2.23 bits per heavy atom. The Morgan fingerprint density at radius 1 is 1.15 bits per heavy atom. The van der Waals surface area contributed by atoms with Crippen LogP contribution in [0.25, 0.3) is 0 Å². The molecule has 0 radical (unpaired) electrons. The Labute approximate surface area is 153 Å². The minimum Gasteiger partial charge on any atom is -0.493 e. The number of Topliss-reactive ketones (excluding diaryl/α,β-unsaturated/α-hetero) is 1. The minimum atomic E-state index is -0.637. The summed E-state index contributed by atoms with van der Waals surface area (Å²) >= 11 is 0. The van der Waals surface area contributed by atoms with Crippen molar-refractivity contribution in [3.8, 4) is 11.5 Å². The zero-order chi connectivity index (χ0) is 18.5. The molecule has 4 aliphatic carbocycles. The molecule has 0 N–H and O–H groups in total. The van der Waals surface area contributed by atoms with Gasteiger partial charge in [0.1, 0.15) is 0 Å². The number of nitro benzene ring substituents is 1. The van der Waals surface area contributed by atoms with Crippen LogP contribution in [0.3, 0.4) is 0 Å². The van der Waals surface area contributed by atoms with Crippen molar-refractivity contribution < 1.29 is 19.2 Å². The van der Waals surface area contributed by atoms with Crippen LogP contribution >= 0.6 is 0 Å². The van der Waals surface area contributed by atoms with Crippen molar-refractivity contribution in [1.82, 2.24) is 0 Å². The number of hydrogen-bond donors (Lipinski definition) is 0. The van der Waals surface area contributed by atoms with E-state index >= 15 is 0 Å². The Kier molecular flexibility index (Phi) is 4.16. The molecule has 1 aromatic carbocycles. The van der Waals surface area contributed by atoms with Gasteiger partial charge in [0.05, 0.1) is 18.1 Å². The van der Waals surface area contributed by atoms with Gasteiger partial charge in [-0.3, -0.25) is 14.9 Å². The van der Waals surface area contributed by atoms with E-state index in [1.165, 1.54) is 44.6 Å². The number of nitrogens with zero attached hydrogens (tertiary/aromatic N) is 1. The molecule has 4 bridgehead atoms. The van der Waals surface area contributed by atoms with Crippen LogP contribution < -0.4 is 9.47 Å². The number of carbonyl (C=O) groups is 1. The van der Waals surface area contributed by atoms with E-state index in [4.69, 9.17) is 9.47 Å². The molecule has 0 aromatic heterocycles. The molecule has 140 valence electrons. The van der Waals surface area contributed by atoms with Crippen molar-refractivity contribution in [2.45, 2.75) is 51.6 Å². The number of methoxy groups -OCH3 is 1. The quantitative estimate of drug-likeness (QED) is 0.563. The molecule has 5 rings (SSSR count).